The Kier molecular flexibility index (Phi) is 5.24. The monoisotopic (exact) mass is 341 g/mol. The number of nitrogens with one attached hydrogen (secondary N) is 1. The quantitative estimate of drug-likeness (QED) is 0.841. The lowest BCUT2D eigenvalue weighted by Gasteiger charge is -2.26. The number of amides is 1. The highest BCUT2D eigenvalue weighted by atomic mass is 79.9. The van der Waals surface area contributed by atoms with Gasteiger partial charge in [0.15, 0.2) is 5.69 Å². The van der Waals surface area contributed by atoms with Gasteiger partial charge in [0.25, 0.3) is 5.91 Å². The zero-order valence-corrected chi connectivity index (χ0v) is 14.2. The summed E-state index contributed by atoms with van der Waals surface area (Å²) >= 11 is 3.52. The number of aromatic nitrogens is 2. The average Bonchev–Trinajstić information content (AvgIpc) is 2.65. The number of hydrogen-bond acceptors (Lipinski definition) is 2. The van der Waals surface area contributed by atoms with E-state index in [0.717, 1.165) is 23.0 Å². The van der Waals surface area contributed by atoms with Crippen molar-refractivity contribution in [1.82, 2.24) is 15.1 Å². The van der Waals surface area contributed by atoms with E-state index in [1.54, 1.807) is 0 Å². The van der Waals surface area contributed by atoms with Crippen LogP contribution in [0.25, 0.3) is 0 Å². The second-order valence-electron chi connectivity index (χ2n) is 6.02. The number of carbonyl (C=O) groups excluding carboxylic acids is 1. The molecule has 1 aromatic heterocycles. The summed E-state index contributed by atoms with van der Waals surface area (Å²) in [7, 11) is 1.91. The van der Waals surface area contributed by atoms with E-state index in [-0.39, 0.29) is 5.91 Å². The number of halogens is 1. The molecule has 1 N–H and O–H groups in total. The van der Waals surface area contributed by atoms with Crippen LogP contribution < -0.4 is 0 Å². The molecule has 1 heterocycles. The molecule has 0 unspecified atom stereocenters. The maximum atomic E-state index is 12.6. The summed E-state index contributed by atoms with van der Waals surface area (Å²) in [4.78, 5) is 14.5. The van der Waals surface area contributed by atoms with E-state index in [1.165, 1.54) is 25.7 Å². The topological polar surface area (TPSA) is 49.0 Å². The molecule has 0 aromatic carbocycles. The molecule has 20 heavy (non-hydrogen) atoms. The second-order valence-corrected chi connectivity index (χ2v) is 6.81. The Morgan fingerprint density at radius 3 is 2.40 bits per heavy atom. The molecule has 0 radical (unpaired) electrons. The van der Waals surface area contributed by atoms with Crippen LogP contribution in [0, 0.1) is 0 Å². The van der Waals surface area contributed by atoms with Gasteiger partial charge in [-0.05, 0) is 34.7 Å². The second kappa shape index (κ2) is 6.74. The molecule has 0 bridgehead atoms. The summed E-state index contributed by atoms with van der Waals surface area (Å²) in [5.41, 5.74) is 1.50. The van der Waals surface area contributed by atoms with Crippen LogP contribution in [-0.2, 0) is 0 Å². The van der Waals surface area contributed by atoms with Gasteiger partial charge in [-0.2, -0.15) is 5.10 Å². The average molecular weight is 342 g/mol. The first kappa shape index (κ1) is 15.5. The van der Waals surface area contributed by atoms with Gasteiger partial charge in [0.2, 0.25) is 0 Å². The van der Waals surface area contributed by atoms with Crippen molar-refractivity contribution in [2.45, 2.75) is 64.3 Å². The van der Waals surface area contributed by atoms with Gasteiger partial charge in [-0.1, -0.05) is 39.5 Å². The number of hydrogen-bond donors (Lipinski definition) is 1. The molecule has 0 spiro atoms. The molecular formula is C15H24BrN3O. The lowest BCUT2D eigenvalue weighted by Crippen LogP contribution is -2.37. The predicted molar refractivity (Wildman–Crippen MR) is 84.0 cm³/mol. The van der Waals surface area contributed by atoms with Gasteiger partial charge < -0.3 is 4.90 Å². The number of rotatable bonds is 3. The Labute approximate surface area is 129 Å². The Bertz CT molecular complexity index is 462. The first-order valence-electron chi connectivity index (χ1n) is 7.53. The first-order chi connectivity index (χ1) is 9.52. The van der Waals surface area contributed by atoms with Gasteiger partial charge in [0, 0.05) is 13.1 Å². The van der Waals surface area contributed by atoms with Gasteiger partial charge in [-0.25, -0.2) is 0 Å². The van der Waals surface area contributed by atoms with Crippen LogP contribution in [-0.4, -0.2) is 34.1 Å². The highest BCUT2D eigenvalue weighted by Gasteiger charge is 2.26. The maximum absolute atomic E-state index is 12.6. The summed E-state index contributed by atoms with van der Waals surface area (Å²) in [5.74, 6) is 0.341. The van der Waals surface area contributed by atoms with Gasteiger partial charge in [0.05, 0.1) is 10.2 Å². The molecule has 1 aliphatic rings. The van der Waals surface area contributed by atoms with Crippen LogP contribution in [0.3, 0.4) is 0 Å². The summed E-state index contributed by atoms with van der Waals surface area (Å²) in [6.45, 7) is 4.17. The fraction of sp³-hybridized carbons (Fsp3) is 0.733. The molecule has 112 valence electrons. The Hall–Kier alpha value is -0.840. The van der Waals surface area contributed by atoms with E-state index < -0.39 is 0 Å². The van der Waals surface area contributed by atoms with E-state index in [9.17, 15) is 4.79 Å². The summed E-state index contributed by atoms with van der Waals surface area (Å²) in [5, 5.41) is 7.19. The highest BCUT2D eigenvalue weighted by Crippen LogP contribution is 2.28. The molecule has 1 fully saturated rings. The third kappa shape index (κ3) is 3.25. The van der Waals surface area contributed by atoms with Crippen molar-refractivity contribution in [3.05, 3.63) is 15.9 Å². The molecule has 1 amide bonds. The van der Waals surface area contributed by atoms with Crippen molar-refractivity contribution in [3.63, 3.8) is 0 Å². The zero-order chi connectivity index (χ0) is 14.7. The highest BCUT2D eigenvalue weighted by molar-refractivity contribution is 9.10. The van der Waals surface area contributed by atoms with Crippen LogP contribution in [0.1, 0.15) is 74.5 Å². The number of nitrogens with zero attached hydrogens (tertiary/aromatic N) is 2. The lowest BCUT2D eigenvalue weighted by atomic mass is 10.1. The van der Waals surface area contributed by atoms with E-state index in [4.69, 9.17) is 0 Å². The number of aromatic amines is 1. The van der Waals surface area contributed by atoms with Crippen molar-refractivity contribution in [1.29, 1.82) is 0 Å². The largest absolute Gasteiger partial charge is 0.337 e. The molecule has 0 atom stereocenters. The molecule has 0 aliphatic heterocycles. The van der Waals surface area contributed by atoms with Crippen LogP contribution in [0.2, 0.25) is 0 Å². The summed E-state index contributed by atoms with van der Waals surface area (Å²) in [6.07, 6.45) is 7.26. The number of H-pyrrole nitrogens is 1. The smallest absolute Gasteiger partial charge is 0.275 e. The molecule has 0 saturated heterocycles. The minimum absolute atomic E-state index is 0.0203. The van der Waals surface area contributed by atoms with Gasteiger partial charge in [0.1, 0.15) is 0 Å². The van der Waals surface area contributed by atoms with Gasteiger partial charge >= 0.3 is 0 Å². The molecule has 1 saturated carbocycles. The Balaban J connectivity index is 2.13. The molecule has 1 aliphatic carbocycles. The standard InChI is InChI=1S/C15H24BrN3O/c1-10(2)13-12(16)14(18-17-13)15(20)19(3)11-8-6-4-5-7-9-11/h10-11H,4-9H2,1-3H3,(H,17,18). The molecule has 1 aromatic rings. The maximum Gasteiger partial charge on any atom is 0.275 e. The van der Waals surface area contributed by atoms with Crippen molar-refractivity contribution >= 4 is 21.8 Å². The SMILES string of the molecule is CC(C)c1[nH]nc(C(=O)N(C)C2CCCCCC2)c1Br. The number of carbonyl (C=O) groups is 1. The van der Waals surface area contributed by atoms with Crippen LogP contribution in [0.5, 0.6) is 0 Å². The van der Waals surface area contributed by atoms with Crippen LogP contribution in [0.4, 0.5) is 0 Å². The van der Waals surface area contributed by atoms with E-state index in [0.29, 0.717) is 17.7 Å². The van der Waals surface area contributed by atoms with Crippen molar-refractivity contribution in [2.75, 3.05) is 7.05 Å². The minimum Gasteiger partial charge on any atom is -0.337 e. The van der Waals surface area contributed by atoms with Gasteiger partial charge in [-0.3, -0.25) is 9.89 Å². The third-order valence-electron chi connectivity index (χ3n) is 4.21. The van der Waals surface area contributed by atoms with Crippen molar-refractivity contribution in [2.24, 2.45) is 0 Å². The summed E-state index contributed by atoms with van der Waals surface area (Å²) < 4.78 is 0.818. The zero-order valence-electron chi connectivity index (χ0n) is 12.6. The molecule has 5 heteroatoms. The molecular weight excluding hydrogens is 318 g/mol. The van der Waals surface area contributed by atoms with Gasteiger partial charge in [-0.15, -0.1) is 0 Å². The third-order valence-corrected chi connectivity index (χ3v) is 5.01. The normalized spacial score (nSPS) is 17.2. The molecule has 2 rings (SSSR count). The fourth-order valence-electron chi connectivity index (χ4n) is 2.84. The lowest BCUT2D eigenvalue weighted by molar-refractivity contribution is 0.0711. The van der Waals surface area contributed by atoms with E-state index >= 15 is 0 Å². The Morgan fingerprint density at radius 1 is 1.30 bits per heavy atom. The van der Waals surface area contributed by atoms with Crippen LogP contribution >= 0.6 is 15.9 Å². The van der Waals surface area contributed by atoms with E-state index in [2.05, 4.69) is 40.0 Å². The summed E-state index contributed by atoms with van der Waals surface area (Å²) in [6, 6.07) is 0.358. The predicted octanol–water partition coefficient (Wildman–Crippen LogP) is 4.09. The fourth-order valence-corrected chi connectivity index (χ4v) is 3.65. The van der Waals surface area contributed by atoms with E-state index in [1.807, 2.05) is 11.9 Å². The van der Waals surface area contributed by atoms with Crippen molar-refractivity contribution < 1.29 is 4.79 Å². The Morgan fingerprint density at radius 2 is 1.90 bits per heavy atom. The van der Waals surface area contributed by atoms with Crippen LogP contribution in [0.15, 0.2) is 4.47 Å². The molecule has 4 nitrogen and oxygen atoms in total. The van der Waals surface area contributed by atoms with Crippen molar-refractivity contribution in [3.8, 4) is 0 Å². The minimum atomic E-state index is 0.0203. The first-order valence-corrected chi connectivity index (χ1v) is 8.32.